The molecular weight excluding hydrogens is 384 g/mol. The third kappa shape index (κ3) is 4.25. The van der Waals surface area contributed by atoms with Crippen LogP contribution in [0.25, 0.3) is 5.69 Å². The van der Waals surface area contributed by atoms with Crippen molar-refractivity contribution < 1.29 is 9.59 Å². The summed E-state index contributed by atoms with van der Waals surface area (Å²) in [6.45, 7) is 8.45. The second kappa shape index (κ2) is 9.17. The average molecular weight is 415 g/mol. The van der Waals surface area contributed by atoms with Crippen molar-refractivity contribution in [3.05, 3.63) is 46.4 Å². The smallest absolute Gasteiger partial charge is 0.317 e. The van der Waals surface area contributed by atoms with E-state index in [2.05, 4.69) is 10.6 Å². The Morgan fingerprint density at radius 3 is 2.33 bits per heavy atom. The number of nitrogens with zero attached hydrogens (tertiary/aromatic N) is 4. The maximum absolute atomic E-state index is 13.0. The Morgan fingerprint density at radius 2 is 1.73 bits per heavy atom. The van der Waals surface area contributed by atoms with Crippen molar-refractivity contribution >= 4 is 17.6 Å². The van der Waals surface area contributed by atoms with E-state index in [4.69, 9.17) is 0 Å². The van der Waals surface area contributed by atoms with Gasteiger partial charge < -0.3 is 15.5 Å². The zero-order valence-corrected chi connectivity index (χ0v) is 18.0. The Kier molecular flexibility index (Phi) is 6.61. The average Bonchev–Trinajstić information content (AvgIpc) is 2.97. The summed E-state index contributed by atoms with van der Waals surface area (Å²) >= 11 is 0. The van der Waals surface area contributed by atoms with E-state index in [1.807, 2.05) is 56.0 Å². The van der Waals surface area contributed by atoms with Crippen LogP contribution in [0.5, 0.6) is 0 Å². The minimum absolute atomic E-state index is 0.0735. The van der Waals surface area contributed by atoms with Crippen LogP contribution in [-0.2, 0) is 11.8 Å². The topological polar surface area (TPSA) is 91.6 Å². The Balaban J connectivity index is 1.70. The second-order valence-corrected chi connectivity index (χ2v) is 7.46. The first-order valence-corrected chi connectivity index (χ1v) is 10.3. The molecule has 162 valence electrons. The number of anilines is 1. The predicted octanol–water partition coefficient (Wildman–Crippen LogP) is 1.16. The number of para-hydroxylation sites is 1. The molecule has 1 unspecified atom stereocenters. The summed E-state index contributed by atoms with van der Waals surface area (Å²) in [5.41, 5.74) is 1.45. The number of amides is 3. The highest BCUT2D eigenvalue weighted by Gasteiger charge is 2.28. The summed E-state index contributed by atoms with van der Waals surface area (Å²) in [5.74, 6) is -0.229. The van der Waals surface area contributed by atoms with E-state index in [0.29, 0.717) is 44.1 Å². The zero-order chi connectivity index (χ0) is 21.8. The molecule has 1 saturated heterocycles. The van der Waals surface area contributed by atoms with Crippen molar-refractivity contribution in [2.45, 2.75) is 26.8 Å². The van der Waals surface area contributed by atoms with Crippen LogP contribution in [0, 0.1) is 6.92 Å². The number of carbonyl (C=O) groups excluding carboxylic acids is 2. The van der Waals surface area contributed by atoms with E-state index < -0.39 is 6.04 Å². The molecule has 1 aromatic heterocycles. The van der Waals surface area contributed by atoms with E-state index >= 15 is 0 Å². The maximum Gasteiger partial charge on any atom is 0.317 e. The number of aromatic nitrogens is 2. The van der Waals surface area contributed by atoms with Crippen LogP contribution in [0.2, 0.25) is 0 Å². The van der Waals surface area contributed by atoms with E-state index in [1.54, 1.807) is 21.3 Å². The van der Waals surface area contributed by atoms with Gasteiger partial charge in [-0.25, -0.2) is 9.48 Å². The molecule has 30 heavy (non-hydrogen) atoms. The molecule has 1 aliphatic rings. The highest BCUT2D eigenvalue weighted by atomic mass is 16.2. The molecule has 9 heteroatoms. The van der Waals surface area contributed by atoms with Gasteiger partial charge in [0.25, 0.3) is 5.56 Å². The number of urea groups is 1. The Labute approximate surface area is 176 Å². The van der Waals surface area contributed by atoms with E-state index in [1.165, 1.54) is 0 Å². The van der Waals surface area contributed by atoms with Gasteiger partial charge in [0, 0.05) is 39.8 Å². The summed E-state index contributed by atoms with van der Waals surface area (Å²) in [7, 11) is 1.80. The number of piperazine rings is 1. The van der Waals surface area contributed by atoms with Crippen LogP contribution in [0.4, 0.5) is 10.5 Å². The van der Waals surface area contributed by atoms with Gasteiger partial charge in [-0.1, -0.05) is 18.2 Å². The molecule has 1 aliphatic heterocycles. The van der Waals surface area contributed by atoms with Crippen molar-refractivity contribution in [1.29, 1.82) is 0 Å². The normalized spacial score (nSPS) is 15.7. The molecule has 2 N–H and O–H groups in total. The van der Waals surface area contributed by atoms with Gasteiger partial charge in [0.2, 0.25) is 5.91 Å². The summed E-state index contributed by atoms with van der Waals surface area (Å²) in [4.78, 5) is 41.6. The number of benzene rings is 1. The van der Waals surface area contributed by atoms with Crippen molar-refractivity contribution in [1.82, 2.24) is 24.5 Å². The van der Waals surface area contributed by atoms with Crippen LogP contribution in [0.15, 0.2) is 35.1 Å². The first kappa shape index (κ1) is 21.6. The fourth-order valence-corrected chi connectivity index (χ4v) is 3.68. The first-order valence-electron chi connectivity index (χ1n) is 10.3. The molecule has 3 amide bonds. The van der Waals surface area contributed by atoms with E-state index in [-0.39, 0.29) is 17.5 Å². The summed E-state index contributed by atoms with van der Waals surface area (Å²) < 4.78 is 3.28. The van der Waals surface area contributed by atoms with Crippen LogP contribution in [0.3, 0.4) is 0 Å². The molecule has 2 aromatic rings. The molecule has 9 nitrogen and oxygen atoms in total. The largest absolute Gasteiger partial charge is 0.338 e. The Morgan fingerprint density at radius 1 is 1.10 bits per heavy atom. The summed E-state index contributed by atoms with van der Waals surface area (Å²) in [6, 6.07) is 8.84. The second-order valence-electron chi connectivity index (χ2n) is 7.46. The van der Waals surface area contributed by atoms with Crippen molar-refractivity contribution in [3.63, 3.8) is 0 Å². The molecule has 0 spiro atoms. The first-order chi connectivity index (χ1) is 14.3. The standard InChI is InChI=1S/C21H30N6O3/c1-5-22-21(30)26-13-11-25(12-14-26)16(3)19(28)23-18-15(2)24(4)27(20(18)29)17-9-7-6-8-10-17/h6-10,16H,5,11-14H2,1-4H3,(H,22,30)(H,23,28). The molecule has 1 fully saturated rings. The van der Waals surface area contributed by atoms with Gasteiger partial charge in [-0.05, 0) is 32.9 Å². The Hall–Kier alpha value is -3.07. The maximum atomic E-state index is 13.0. The van der Waals surface area contributed by atoms with Gasteiger partial charge in [0.15, 0.2) is 0 Å². The van der Waals surface area contributed by atoms with Crippen LogP contribution >= 0.6 is 0 Å². The minimum atomic E-state index is -0.412. The van der Waals surface area contributed by atoms with Crippen molar-refractivity contribution in [3.8, 4) is 5.69 Å². The van der Waals surface area contributed by atoms with Gasteiger partial charge in [0.05, 0.1) is 17.4 Å². The fourth-order valence-electron chi connectivity index (χ4n) is 3.68. The lowest BCUT2D eigenvalue weighted by molar-refractivity contribution is -0.121. The number of rotatable bonds is 5. The molecule has 2 heterocycles. The molecule has 0 saturated carbocycles. The van der Waals surface area contributed by atoms with E-state index in [9.17, 15) is 14.4 Å². The third-order valence-corrected chi connectivity index (χ3v) is 5.66. The lowest BCUT2D eigenvalue weighted by Crippen LogP contribution is -2.55. The predicted molar refractivity (Wildman–Crippen MR) is 116 cm³/mol. The van der Waals surface area contributed by atoms with Gasteiger partial charge in [0.1, 0.15) is 5.69 Å². The SMILES string of the molecule is CCNC(=O)N1CCN(C(C)C(=O)Nc2c(C)n(C)n(-c3ccccc3)c2=O)CC1. The Bertz CT molecular complexity index is 957. The van der Waals surface area contributed by atoms with Crippen molar-refractivity contribution in [2.75, 3.05) is 38.0 Å². The van der Waals surface area contributed by atoms with Crippen LogP contribution in [-0.4, -0.2) is 69.9 Å². The number of nitrogens with one attached hydrogen (secondary N) is 2. The highest BCUT2D eigenvalue weighted by Crippen LogP contribution is 2.15. The zero-order valence-electron chi connectivity index (χ0n) is 18.0. The lowest BCUT2D eigenvalue weighted by atomic mass is 10.2. The molecular formula is C21H30N6O3. The molecule has 0 aliphatic carbocycles. The molecule has 3 rings (SSSR count). The van der Waals surface area contributed by atoms with Crippen molar-refractivity contribution in [2.24, 2.45) is 7.05 Å². The van der Waals surface area contributed by atoms with Gasteiger partial charge in [-0.2, -0.15) is 0 Å². The molecule has 1 atom stereocenters. The third-order valence-electron chi connectivity index (χ3n) is 5.66. The fraction of sp³-hybridized carbons (Fsp3) is 0.476. The number of carbonyl (C=O) groups is 2. The molecule has 0 radical (unpaired) electrons. The number of hydrogen-bond donors (Lipinski definition) is 2. The number of hydrogen-bond acceptors (Lipinski definition) is 4. The van der Waals surface area contributed by atoms with Crippen LogP contribution < -0.4 is 16.2 Å². The minimum Gasteiger partial charge on any atom is -0.338 e. The van der Waals surface area contributed by atoms with E-state index in [0.717, 1.165) is 5.69 Å². The van der Waals surface area contributed by atoms with Gasteiger partial charge in [-0.15, -0.1) is 0 Å². The quantitative estimate of drug-likeness (QED) is 0.768. The summed E-state index contributed by atoms with van der Waals surface area (Å²) in [6.07, 6.45) is 0. The molecule has 0 bridgehead atoms. The monoisotopic (exact) mass is 414 g/mol. The molecule has 1 aromatic carbocycles. The lowest BCUT2D eigenvalue weighted by Gasteiger charge is -2.37. The summed E-state index contributed by atoms with van der Waals surface area (Å²) in [5, 5.41) is 5.63. The van der Waals surface area contributed by atoms with Gasteiger partial charge >= 0.3 is 6.03 Å². The van der Waals surface area contributed by atoms with Gasteiger partial charge in [-0.3, -0.25) is 19.2 Å². The highest BCUT2D eigenvalue weighted by molar-refractivity contribution is 5.95. The van der Waals surface area contributed by atoms with Crippen LogP contribution in [0.1, 0.15) is 19.5 Å².